The molecule has 0 N–H and O–H groups in total. The molecule has 0 amide bonds. The van der Waals surface area contributed by atoms with E-state index in [0.29, 0.717) is 10.4 Å². The quantitative estimate of drug-likeness (QED) is 0.439. The number of alkyl halides is 3. The SMILES string of the molecule is COc1ccc(COc2cc(-c3nn(C)c(C(F)(F)F)c3Cl)c(F)cc2Cl)cc1. The summed E-state index contributed by atoms with van der Waals surface area (Å²) in [5.74, 6) is -0.129. The maximum absolute atomic E-state index is 14.4. The van der Waals surface area contributed by atoms with Gasteiger partial charge in [0.15, 0.2) is 5.69 Å². The number of ether oxygens (including phenoxy) is 2. The van der Waals surface area contributed by atoms with Crippen molar-refractivity contribution >= 4 is 23.2 Å². The van der Waals surface area contributed by atoms with Crippen molar-refractivity contribution in [2.24, 2.45) is 7.05 Å². The number of nitrogens with zero attached hydrogens (tertiary/aromatic N) is 2. The molecule has 154 valence electrons. The Morgan fingerprint density at radius 1 is 1.10 bits per heavy atom. The highest BCUT2D eigenvalue weighted by molar-refractivity contribution is 6.34. The van der Waals surface area contributed by atoms with Crippen LogP contribution in [-0.4, -0.2) is 16.9 Å². The lowest BCUT2D eigenvalue weighted by Crippen LogP contribution is -2.12. The first-order valence-corrected chi connectivity index (χ1v) is 8.92. The molecule has 10 heteroatoms. The van der Waals surface area contributed by atoms with E-state index in [9.17, 15) is 17.6 Å². The number of hydrogen-bond acceptors (Lipinski definition) is 3. The van der Waals surface area contributed by atoms with Crippen molar-refractivity contribution in [1.29, 1.82) is 0 Å². The van der Waals surface area contributed by atoms with Crippen molar-refractivity contribution in [2.75, 3.05) is 7.11 Å². The second-order valence-corrected chi connectivity index (χ2v) is 6.82. The Balaban J connectivity index is 1.94. The van der Waals surface area contributed by atoms with Crippen molar-refractivity contribution in [3.63, 3.8) is 0 Å². The van der Waals surface area contributed by atoms with Crippen LogP contribution < -0.4 is 9.47 Å². The first-order chi connectivity index (χ1) is 13.6. The van der Waals surface area contributed by atoms with Gasteiger partial charge in [0, 0.05) is 12.6 Å². The number of hydrogen-bond donors (Lipinski definition) is 0. The van der Waals surface area contributed by atoms with Crippen molar-refractivity contribution in [3.05, 3.63) is 63.5 Å². The minimum Gasteiger partial charge on any atom is -0.497 e. The molecule has 0 unspecified atom stereocenters. The fraction of sp³-hybridized carbons (Fsp3) is 0.211. The van der Waals surface area contributed by atoms with Gasteiger partial charge < -0.3 is 9.47 Å². The second-order valence-electron chi connectivity index (χ2n) is 6.03. The van der Waals surface area contributed by atoms with Gasteiger partial charge in [0.1, 0.15) is 29.6 Å². The van der Waals surface area contributed by atoms with E-state index in [4.69, 9.17) is 32.7 Å². The largest absolute Gasteiger partial charge is 0.497 e. The normalized spacial score (nSPS) is 11.6. The van der Waals surface area contributed by atoms with Crippen LogP contribution >= 0.6 is 23.2 Å². The molecule has 0 fully saturated rings. The fourth-order valence-corrected chi connectivity index (χ4v) is 3.26. The highest BCUT2D eigenvalue weighted by Gasteiger charge is 2.39. The topological polar surface area (TPSA) is 36.3 Å². The summed E-state index contributed by atoms with van der Waals surface area (Å²) in [6.45, 7) is 0.0958. The highest BCUT2D eigenvalue weighted by atomic mass is 35.5. The maximum Gasteiger partial charge on any atom is 0.434 e. The third-order valence-corrected chi connectivity index (χ3v) is 4.74. The van der Waals surface area contributed by atoms with E-state index in [2.05, 4.69) is 5.10 Å². The predicted octanol–water partition coefficient (Wildman–Crippen LogP) is 6.14. The van der Waals surface area contributed by atoms with Crippen molar-refractivity contribution < 1.29 is 27.0 Å². The summed E-state index contributed by atoms with van der Waals surface area (Å²) in [6, 6.07) is 9.13. The van der Waals surface area contributed by atoms with E-state index >= 15 is 0 Å². The fourth-order valence-electron chi connectivity index (χ4n) is 2.68. The molecule has 0 aliphatic carbocycles. The third-order valence-electron chi connectivity index (χ3n) is 4.09. The Morgan fingerprint density at radius 2 is 1.76 bits per heavy atom. The van der Waals surface area contributed by atoms with Crippen LogP contribution in [0.5, 0.6) is 11.5 Å². The molecule has 0 aliphatic heterocycles. The van der Waals surface area contributed by atoms with Gasteiger partial charge in [-0.25, -0.2) is 4.39 Å². The van der Waals surface area contributed by atoms with E-state index in [0.717, 1.165) is 18.7 Å². The molecule has 0 saturated carbocycles. The van der Waals surface area contributed by atoms with Crippen LogP contribution in [0, 0.1) is 5.82 Å². The minimum absolute atomic E-state index is 0.0390. The number of aryl methyl sites for hydroxylation is 1. The van der Waals surface area contributed by atoms with Gasteiger partial charge in [0.05, 0.1) is 17.2 Å². The zero-order valence-corrected chi connectivity index (χ0v) is 16.7. The Morgan fingerprint density at radius 3 is 2.31 bits per heavy atom. The number of aromatic nitrogens is 2. The van der Waals surface area contributed by atoms with E-state index in [1.54, 1.807) is 24.3 Å². The molecule has 0 saturated heterocycles. The molecule has 0 atom stereocenters. The summed E-state index contributed by atoms with van der Waals surface area (Å²) in [4.78, 5) is 0. The summed E-state index contributed by atoms with van der Waals surface area (Å²) in [7, 11) is 2.62. The molecule has 2 aromatic carbocycles. The Kier molecular flexibility index (Phi) is 5.95. The van der Waals surface area contributed by atoms with Gasteiger partial charge in [-0.1, -0.05) is 35.3 Å². The average Bonchev–Trinajstić information content (AvgIpc) is 2.95. The Hall–Kier alpha value is -2.45. The number of rotatable bonds is 5. The van der Waals surface area contributed by atoms with E-state index in [-0.39, 0.29) is 28.6 Å². The van der Waals surface area contributed by atoms with Gasteiger partial charge in [-0.15, -0.1) is 0 Å². The van der Waals surface area contributed by atoms with E-state index < -0.39 is 22.7 Å². The third kappa shape index (κ3) is 4.43. The van der Waals surface area contributed by atoms with Crippen LogP contribution in [0.4, 0.5) is 17.6 Å². The lowest BCUT2D eigenvalue weighted by Gasteiger charge is -2.11. The van der Waals surface area contributed by atoms with Crippen LogP contribution in [0.2, 0.25) is 10.0 Å². The Bertz CT molecular complexity index is 1030. The first-order valence-electron chi connectivity index (χ1n) is 8.16. The lowest BCUT2D eigenvalue weighted by atomic mass is 10.1. The molecule has 0 aliphatic rings. The van der Waals surface area contributed by atoms with Gasteiger partial charge in [0.25, 0.3) is 0 Å². The van der Waals surface area contributed by atoms with Gasteiger partial charge in [-0.3, -0.25) is 4.68 Å². The molecule has 1 aromatic heterocycles. The molecule has 0 radical (unpaired) electrons. The summed E-state index contributed by atoms with van der Waals surface area (Å²) >= 11 is 11.9. The van der Waals surface area contributed by atoms with Crippen molar-refractivity contribution in [2.45, 2.75) is 12.8 Å². The van der Waals surface area contributed by atoms with Crippen molar-refractivity contribution in [3.8, 4) is 22.8 Å². The second kappa shape index (κ2) is 8.12. The van der Waals surface area contributed by atoms with Crippen LogP contribution in [-0.2, 0) is 19.8 Å². The predicted molar refractivity (Wildman–Crippen MR) is 101 cm³/mol. The van der Waals surface area contributed by atoms with Gasteiger partial charge >= 0.3 is 6.18 Å². The van der Waals surface area contributed by atoms with E-state index in [1.165, 1.54) is 13.2 Å². The van der Waals surface area contributed by atoms with Crippen LogP contribution in [0.3, 0.4) is 0 Å². The van der Waals surface area contributed by atoms with Crippen LogP contribution in [0.1, 0.15) is 11.3 Å². The molecule has 0 bridgehead atoms. The summed E-state index contributed by atoms with van der Waals surface area (Å²) in [5, 5.41) is 2.98. The zero-order valence-electron chi connectivity index (χ0n) is 15.1. The summed E-state index contributed by atoms with van der Waals surface area (Å²) < 4.78 is 65.1. The van der Waals surface area contributed by atoms with Crippen molar-refractivity contribution in [1.82, 2.24) is 9.78 Å². The van der Waals surface area contributed by atoms with Crippen LogP contribution in [0.15, 0.2) is 36.4 Å². The molecule has 4 nitrogen and oxygen atoms in total. The molecular weight excluding hydrogens is 435 g/mol. The standard InChI is InChI=1S/C19H14Cl2F4N2O2/c1-27-18(19(23,24)25)16(21)17(26-27)12-7-15(13(20)8-14(12)22)29-9-10-3-5-11(28-2)6-4-10/h3-8H,9H2,1-2H3. The summed E-state index contributed by atoms with van der Waals surface area (Å²) in [6.07, 6.45) is -4.74. The van der Waals surface area contributed by atoms with E-state index in [1.807, 2.05) is 0 Å². The number of methoxy groups -OCH3 is 1. The first kappa shape index (κ1) is 21.3. The maximum atomic E-state index is 14.4. The van der Waals surface area contributed by atoms with Gasteiger partial charge in [0.2, 0.25) is 0 Å². The number of benzene rings is 2. The molecule has 0 spiro atoms. The lowest BCUT2D eigenvalue weighted by molar-refractivity contribution is -0.143. The molecule has 29 heavy (non-hydrogen) atoms. The average molecular weight is 449 g/mol. The minimum atomic E-state index is -4.74. The van der Waals surface area contributed by atoms with Gasteiger partial charge in [-0.05, 0) is 29.8 Å². The Labute approximate surface area is 173 Å². The number of halogens is 6. The van der Waals surface area contributed by atoms with Gasteiger partial charge in [-0.2, -0.15) is 18.3 Å². The monoisotopic (exact) mass is 448 g/mol. The summed E-state index contributed by atoms with van der Waals surface area (Å²) in [5.41, 5.74) is -1.01. The molecule has 1 heterocycles. The van der Waals surface area contributed by atoms with Crippen LogP contribution in [0.25, 0.3) is 11.3 Å². The molecular formula is C19H14Cl2F4N2O2. The molecule has 3 aromatic rings. The molecule has 3 rings (SSSR count). The zero-order chi connectivity index (χ0) is 21.3. The highest BCUT2D eigenvalue weighted by Crippen LogP contribution is 2.42. The smallest absolute Gasteiger partial charge is 0.434 e.